The lowest BCUT2D eigenvalue weighted by atomic mass is 10.1. The van der Waals surface area contributed by atoms with Crippen molar-refractivity contribution in [1.29, 1.82) is 0 Å². The topological polar surface area (TPSA) is 45.6 Å². The Morgan fingerprint density at radius 3 is 2.43 bits per heavy atom. The van der Waals surface area contributed by atoms with Gasteiger partial charge in [0.1, 0.15) is 0 Å². The average molecular weight is 306 g/mol. The van der Waals surface area contributed by atoms with Gasteiger partial charge in [-0.2, -0.15) is 0 Å². The molecule has 0 spiro atoms. The van der Waals surface area contributed by atoms with E-state index >= 15 is 0 Å². The highest BCUT2D eigenvalue weighted by atomic mass is 16.9. The monoisotopic (exact) mass is 306 g/mol. The molecule has 0 aliphatic carbocycles. The first-order chi connectivity index (χ1) is 11.3. The zero-order chi connectivity index (χ0) is 15.9. The van der Waals surface area contributed by atoms with Crippen molar-refractivity contribution < 1.29 is 10.0 Å². The van der Waals surface area contributed by atoms with Crippen LogP contribution in [0.2, 0.25) is 0 Å². The molecule has 0 unspecified atom stereocenters. The van der Waals surface area contributed by atoms with Gasteiger partial charge in [0.05, 0.1) is 13.2 Å². The number of rotatable bonds is 6. The molecule has 3 aromatic rings. The third-order valence-electron chi connectivity index (χ3n) is 3.46. The van der Waals surface area contributed by atoms with Crippen molar-refractivity contribution in [2.75, 3.05) is 0 Å². The Balaban J connectivity index is 1.60. The minimum atomic E-state index is 0.303. The first kappa shape index (κ1) is 15.4. The number of hydrogen-bond acceptors (Lipinski definition) is 4. The van der Waals surface area contributed by atoms with Gasteiger partial charge in [0, 0.05) is 12.4 Å². The van der Waals surface area contributed by atoms with Crippen molar-refractivity contribution in [1.82, 2.24) is 10.2 Å². The van der Waals surface area contributed by atoms with Crippen molar-refractivity contribution in [3.05, 3.63) is 90.3 Å². The predicted molar refractivity (Wildman–Crippen MR) is 88.2 cm³/mol. The highest BCUT2D eigenvalue weighted by Gasteiger charge is 2.04. The molecule has 1 N–H and O–H groups in total. The lowest BCUT2D eigenvalue weighted by molar-refractivity contribution is -0.354. The summed E-state index contributed by atoms with van der Waals surface area (Å²) < 4.78 is 0. The molecule has 0 atom stereocenters. The molecule has 1 heterocycles. The Morgan fingerprint density at radius 1 is 0.870 bits per heavy atom. The van der Waals surface area contributed by atoms with Crippen LogP contribution < -0.4 is 0 Å². The van der Waals surface area contributed by atoms with Crippen LogP contribution in [0.5, 0.6) is 0 Å². The second kappa shape index (κ2) is 7.65. The summed E-state index contributed by atoms with van der Waals surface area (Å²) in [5.41, 5.74) is 4.10. The fourth-order valence-electron chi connectivity index (χ4n) is 2.31. The van der Waals surface area contributed by atoms with Gasteiger partial charge < -0.3 is 0 Å². The van der Waals surface area contributed by atoms with Crippen LogP contribution >= 0.6 is 0 Å². The molecule has 3 rings (SSSR count). The summed E-state index contributed by atoms with van der Waals surface area (Å²) in [5.74, 6) is 0. The highest BCUT2D eigenvalue weighted by Crippen LogP contribution is 2.19. The van der Waals surface area contributed by atoms with Crippen molar-refractivity contribution in [2.45, 2.75) is 13.2 Å². The van der Waals surface area contributed by atoms with Crippen molar-refractivity contribution in [3.8, 4) is 11.1 Å². The molecule has 2 aromatic carbocycles. The van der Waals surface area contributed by atoms with Gasteiger partial charge >= 0.3 is 0 Å². The van der Waals surface area contributed by atoms with Crippen LogP contribution in [0.15, 0.2) is 79.1 Å². The van der Waals surface area contributed by atoms with Crippen molar-refractivity contribution in [2.24, 2.45) is 0 Å². The average Bonchev–Trinajstić information content (AvgIpc) is 2.62. The fraction of sp³-hybridized carbons (Fsp3) is 0.105. The minimum Gasteiger partial charge on any atom is -0.289 e. The van der Waals surface area contributed by atoms with E-state index in [-0.39, 0.29) is 0 Å². The van der Waals surface area contributed by atoms with E-state index in [4.69, 9.17) is 4.84 Å². The van der Waals surface area contributed by atoms with Crippen LogP contribution in [0.25, 0.3) is 11.1 Å². The number of nitrogens with zero attached hydrogens (tertiary/aromatic N) is 2. The first-order valence-corrected chi connectivity index (χ1v) is 7.44. The minimum absolute atomic E-state index is 0.303. The van der Waals surface area contributed by atoms with E-state index < -0.39 is 0 Å². The maximum atomic E-state index is 9.85. The maximum absolute atomic E-state index is 9.85. The standard InChI is InChI=1S/C19H18N2O2/c22-21(14-16-6-2-1-3-7-16)23-15-17-8-4-9-18(12-17)19-10-5-11-20-13-19/h1-13,22H,14-15H2. The number of hydroxylamine groups is 2. The maximum Gasteiger partial charge on any atom is 0.0962 e. The smallest absolute Gasteiger partial charge is 0.0962 e. The van der Waals surface area contributed by atoms with Gasteiger partial charge in [0.15, 0.2) is 0 Å². The Bertz CT molecular complexity index is 733. The first-order valence-electron chi connectivity index (χ1n) is 7.44. The Morgan fingerprint density at radius 2 is 1.65 bits per heavy atom. The normalized spacial score (nSPS) is 10.9. The van der Waals surface area contributed by atoms with E-state index in [0.29, 0.717) is 13.2 Å². The fourth-order valence-corrected chi connectivity index (χ4v) is 2.31. The molecule has 0 bridgehead atoms. The van der Waals surface area contributed by atoms with Gasteiger partial charge in [-0.3, -0.25) is 15.0 Å². The summed E-state index contributed by atoms with van der Waals surface area (Å²) in [4.78, 5) is 9.53. The van der Waals surface area contributed by atoms with Gasteiger partial charge in [0.25, 0.3) is 0 Å². The van der Waals surface area contributed by atoms with Gasteiger partial charge in [-0.05, 0) is 34.4 Å². The molecular weight excluding hydrogens is 288 g/mol. The summed E-state index contributed by atoms with van der Waals surface area (Å²) in [7, 11) is 0. The quantitative estimate of drug-likeness (QED) is 0.697. The van der Waals surface area contributed by atoms with Gasteiger partial charge in [-0.15, -0.1) is 0 Å². The molecule has 0 saturated heterocycles. The lowest BCUT2D eigenvalue weighted by Gasteiger charge is -2.15. The summed E-state index contributed by atoms with van der Waals surface area (Å²) in [6.45, 7) is 0.626. The SMILES string of the molecule is ON(Cc1ccccc1)OCc1cccc(-c2cccnc2)c1. The molecule has 0 amide bonds. The molecule has 0 radical (unpaired) electrons. The molecule has 23 heavy (non-hydrogen) atoms. The third kappa shape index (κ3) is 4.47. The molecular formula is C19H18N2O2. The second-order valence-electron chi connectivity index (χ2n) is 5.21. The molecule has 0 fully saturated rings. The molecule has 0 aliphatic heterocycles. The number of benzene rings is 2. The van der Waals surface area contributed by atoms with Crippen LogP contribution in [0.3, 0.4) is 0 Å². The van der Waals surface area contributed by atoms with E-state index in [1.54, 1.807) is 6.20 Å². The van der Waals surface area contributed by atoms with E-state index in [9.17, 15) is 5.21 Å². The molecule has 0 aliphatic rings. The second-order valence-corrected chi connectivity index (χ2v) is 5.21. The van der Waals surface area contributed by atoms with Crippen LogP contribution in [-0.4, -0.2) is 15.4 Å². The molecule has 4 heteroatoms. The third-order valence-corrected chi connectivity index (χ3v) is 3.46. The molecule has 1 aromatic heterocycles. The Kier molecular flexibility index (Phi) is 5.11. The summed E-state index contributed by atoms with van der Waals surface area (Å²) in [6, 6.07) is 21.6. The summed E-state index contributed by atoms with van der Waals surface area (Å²) in [5, 5.41) is 10.7. The van der Waals surface area contributed by atoms with Crippen molar-refractivity contribution in [3.63, 3.8) is 0 Å². The summed E-state index contributed by atoms with van der Waals surface area (Å²) in [6.07, 6.45) is 3.58. The largest absolute Gasteiger partial charge is 0.289 e. The van der Waals surface area contributed by atoms with Crippen LogP contribution in [0.4, 0.5) is 0 Å². The van der Waals surface area contributed by atoms with Gasteiger partial charge in [-0.25, -0.2) is 0 Å². The summed E-state index contributed by atoms with van der Waals surface area (Å²) >= 11 is 0. The molecule has 4 nitrogen and oxygen atoms in total. The van der Waals surface area contributed by atoms with Crippen LogP contribution in [-0.2, 0) is 18.0 Å². The molecule has 116 valence electrons. The Labute approximate surface area is 135 Å². The lowest BCUT2D eigenvalue weighted by Crippen LogP contribution is -2.19. The van der Waals surface area contributed by atoms with E-state index in [1.165, 1.54) is 0 Å². The predicted octanol–water partition coefficient (Wildman–Crippen LogP) is 4.07. The van der Waals surface area contributed by atoms with Gasteiger partial charge in [0.2, 0.25) is 0 Å². The zero-order valence-corrected chi connectivity index (χ0v) is 12.7. The van der Waals surface area contributed by atoms with Crippen LogP contribution in [0, 0.1) is 0 Å². The number of hydrogen-bond donors (Lipinski definition) is 1. The van der Waals surface area contributed by atoms with E-state index in [0.717, 1.165) is 27.5 Å². The highest BCUT2D eigenvalue weighted by molar-refractivity contribution is 5.62. The van der Waals surface area contributed by atoms with Crippen molar-refractivity contribution >= 4 is 0 Å². The number of pyridine rings is 1. The van der Waals surface area contributed by atoms with Crippen LogP contribution in [0.1, 0.15) is 11.1 Å². The Hall–Kier alpha value is -2.53. The van der Waals surface area contributed by atoms with E-state index in [1.807, 2.05) is 72.9 Å². The molecule has 0 saturated carbocycles. The number of aromatic nitrogens is 1. The van der Waals surface area contributed by atoms with Gasteiger partial charge in [-0.1, -0.05) is 59.8 Å². The van der Waals surface area contributed by atoms with E-state index in [2.05, 4.69) is 4.98 Å². The zero-order valence-electron chi connectivity index (χ0n) is 12.7.